The van der Waals surface area contributed by atoms with Gasteiger partial charge in [-0.15, -0.1) is 0 Å². The monoisotopic (exact) mass is 384 g/mol. The van der Waals surface area contributed by atoms with Gasteiger partial charge in [-0.05, 0) is 84.5 Å². The van der Waals surface area contributed by atoms with Crippen molar-refractivity contribution in [1.82, 2.24) is 0 Å². The van der Waals surface area contributed by atoms with Crippen LogP contribution in [0.1, 0.15) is 66.2 Å². The highest BCUT2D eigenvalue weighted by atomic mass is 16.5. The lowest BCUT2D eigenvalue weighted by Gasteiger charge is -2.57. The van der Waals surface area contributed by atoms with Gasteiger partial charge >= 0.3 is 5.97 Å². The molecule has 4 aliphatic rings. The van der Waals surface area contributed by atoms with Crippen molar-refractivity contribution in [2.75, 3.05) is 6.61 Å². The van der Waals surface area contributed by atoms with Gasteiger partial charge in [0.05, 0.1) is 6.61 Å². The number of esters is 1. The van der Waals surface area contributed by atoms with Crippen molar-refractivity contribution in [1.29, 1.82) is 0 Å². The van der Waals surface area contributed by atoms with E-state index in [-0.39, 0.29) is 17.3 Å². The molecule has 0 aromatic heterocycles. The molecule has 0 saturated heterocycles. The highest BCUT2D eigenvalue weighted by Gasteiger charge is 2.58. The van der Waals surface area contributed by atoms with Crippen molar-refractivity contribution < 1.29 is 14.3 Å². The molecule has 0 bridgehead atoms. The minimum absolute atomic E-state index is 0.108. The fraction of sp³-hybridized carbons (Fsp3) is 0.760. The van der Waals surface area contributed by atoms with Crippen LogP contribution in [-0.4, -0.2) is 18.9 Å². The molecule has 0 aliphatic heterocycles. The number of carbonyl (C=O) groups excluding carboxylic acids is 2. The Hall–Kier alpha value is -1.38. The normalized spacial score (nSPS) is 45.3. The lowest BCUT2D eigenvalue weighted by atomic mass is 9.48. The van der Waals surface area contributed by atoms with Crippen LogP contribution in [0.5, 0.6) is 0 Å². The van der Waals surface area contributed by atoms with E-state index in [0.29, 0.717) is 35.7 Å². The number of rotatable bonds is 4. The number of allylic oxidation sites excluding steroid dienone is 4. The number of hydrogen-bond acceptors (Lipinski definition) is 3. The molecule has 0 aromatic carbocycles. The first kappa shape index (κ1) is 19.9. The number of hydrogen-bond donors (Lipinski definition) is 0. The van der Waals surface area contributed by atoms with Gasteiger partial charge in [0.2, 0.25) is 0 Å². The van der Waals surface area contributed by atoms with Gasteiger partial charge in [-0.1, -0.05) is 39.0 Å². The van der Waals surface area contributed by atoms with Gasteiger partial charge in [0.15, 0.2) is 0 Å². The first-order chi connectivity index (χ1) is 13.3. The predicted molar refractivity (Wildman–Crippen MR) is 110 cm³/mol. The Kier molecular flexibility index (Phi) is 5.08. The van der Waals surface area contributed by atoms with Crippen LogP contribution in [0.15, 0.2) is 23.8 Å². The van der Waals surface area contributed by atoms with Gasteiger partial charge in [0.25, 0.3) is 0 Å². The van der Waals surface area contributed by atoms with E-state index in [0.717, 1.165) is 25.0 Å². The molecule has 0 spiro atoms. The third kappa shape index (κ3) is 3.00. The van der Waals surface area contributed by atoms with Crippen LogP contribution >= 0.6 is 0 Å². The molecule has 3 heteroatoms. The summed E-state index contributed by atoms with van der Waals surface area (Å²) in [5.74, 6) is 3.10. The van der Waals surface area contributed by atoms with Crippen LogP contribution < -0.4 is 0 Å². The van der Waals surface area contributed by atoms with Crippen LogP contribution in [0.4, 0.5) is 0 Å². The predicted octanol–water partition coefficient (Wildman–Crippen LogP) is 5.36. The molecule has 2 fully saturated rings. The average Bonchev–Trinajstić information content (AvgIpc) is 3.02. The maximum Gasteiger partial charge on any atom is 0.302 e. The molecule has 2 saturated carbocycles. The maximum absolute atomic E-state index is 11.3. The molecular weight excluding hydrogens is 348 g/mol. The average molecular weight is 385 g/mol. The van der Waals surface area contributed by atoms with Crippen molar-refractivity contribution in [3.05, 3.63) is 23.8 Å². The SMILES string of the molecule is CC(=O)OCC(C)[C@H]1CC[C@H]2[C@@H]3C=CC4=CC(C=O)CC[C@]4(C)[C@H]3CC[C@]12C. The van der Waals surface area contributed by atoms with Crippen molar-refractivity contribution in [3.8, 4) is 0 Å². The van der Waals surface area contributed by atoms with E-state index in [1.807, 2.05) is 0 Å². The summed E-state index contributed by atoms with van der Waals surface area (Å²) in [6, 6.07) is 0. The molecule has 0 heterocycles. The van der Waals surface area contributed by atoms with E-state index in [1.54, 1.807) is 0 Å². The Balaban J connectivity index is 1.58. The van der Waals surface area contributed by atoms with Crippen molar-refractivity contribution in [2.24, 2.45) is 46.3 Å². The summed E-state index contributed by atoms with van der Waals surface area (Å²) in [4.78, 5) is 22.6. The van der Waals surface area contributed by atoms with E-state index in [2.05, 4.69) is 39.0 Å². The second kappa shape index (κ2) is 7.15. The molecule has 28 heavy (non-hydrogen) atoms. The third-order valence-corrected chi connectivity index (χ3v) is 9.18. The van der Waals surface area contributed by atoms with E-state index >= 15 is 0 Å². The quantitative estimate of drug-likeness (QED) is 0.484. The lowest BCUT2D eigenvalue weighted by Crippen LogP contribution is -2.49. The largest absolute Gasteiger partial charge is 0.466 e. The first-order valence-electron chi connectivity index (χ1n) is 11.3. The van der Waals surface area contributed by atoms with Gasteiger partial charge in [0.1, 0.15) is 6.29 Å². The second-order valence-corrected chi connectivity index (χ2v) is 10.5. The Bertz CT molecular complexity index is 707. The number of fused-ring (bicyclic) bond motifs is 5. The van der Waals surface area contributed by atoms with Crippen LogP contribution in [0.2, 0.25) is 0 Å². The molecule has 2 unspecified atom stereocenters. The Morgan fingerprint density at radius 3 is 2.71 bits per heavy atom. The smallest absolute Gasteiger partial charge is 0.302 e. The van der Waals surface area contributed by atoms with E-state index in [4.69, 9.17) is 4.74 Å². The fourth-order valence-electron chi connectivity index (χ4n) is 7.63. The van der Waals surface area contributed by atoms with Crippen molar-refractivity contribution >= 4 is 12.3 Å². The number of aldehydes is 1. The zero-order valence-electron chi connectivity index (χ0n) is 17.9. The topological polar surface area (TPSA) is 43.4 Å². The third-order valence-electron chi connectivity index (χ3n) is 9.18. The molecule has 0 amide bonds. The van der Waals surface area contributed by atoms with Crippen LogP contribution in [-0.2, 0) is 14.3 Å². The van der Waals surface area contributed by atoms with E-state index in [9.17, 15) is 9.59 Å². The van der Waals surface area contributed by atoms with Gasteiger partial charge in [-0.3, -0.25) is 4.79 Å². The summed E-state index contributed by atoms with van der Waals surface area (Å²) in [5, 5.41) is 0. The first-order valence-corrected chi connectivity index (χ1v) is 11.3. The zero-order valence-corrected chi connectivity index (χ0v) is 17.9. The standard InChI is InChI=1S/C25H36O3/c1-16(15-28-17(2)27)21-7-8-22-20-6-5-19-13-18(14-26)9-11-24(19,3)23(20)10-12-25(21,22)4/h5-6,13-14,16,18,20-23H,7-12,15H2,1-4H3/t16?,18?,20-,21+,22-,23-,24-,25+/m0/s1. The van der Waals surface area contributed by atoms with E-state index < -0.39 is 0 Å². The Morgan fingerprint density at radius 1 is 1.21 bits per heavy atom. The van der Waals surface area contributed by atoms with Gasteiger partial charge < -0.3 is 9.53 Å². The Morgan fingerprint density at radius 2 is 2.00 bits per heavy atom. The van der Waals surface area contributed by atoms with Gasteiger partial charge in [-0.25, -0.2) is 0 Å². The van der Waals surface area contributed by atoms with Crippen LogP contribution in [0.25, 0.3) is 0 Å². The highest BCUT2D eigenvalue weighted by molar-refractivity contribution is 5.65. The maximum atomic E-state index is 11.3. The van der Waals surface area contributed by atoms with Crippen LogP contribution in [0, 0.1) is 46.3 Å². The van der Waals surface area contributed by atoms with Crippen LogP contribution in [0.3, 0.4) is 0 Å². The van der Waals surface area contributed by atoms with Crippen molar-refractivity contribution in [3.63, 3.8) is 0 Å². The summed E-state index contributed by atoms with van der Waals surface area (Å²) >= 11 is 0. The number of ether oxygens (including phenoxy) is 1. The minimum atomic E-state index is -0.163. The summed E-state index contributed by atoms with van der Waals surface area (Å²) in [6.07, 6.45) is 15.5. The molecule has 4 aliphatic carbocycles. The fourth-order valence-corrected chi connectivity index (χ4v) is 7.63. The molecular formula is C25H36O3. The lowest BCUT2D eigenvalue weighted by molar-refractivity contribution is -0.143. The minimum Gasteiger partial charge on any atom is -0.466 e. The van der Waals surface area contributed by atoms with Gasteiger partial charge in [0, 0.05) is 12.8 Å². The summed E-state index contributed by atoms with van der Waals surface area (Å²) < 4.78 is 5.37. The molecule has 8 atom stereocenters. The molecule has 154 valence electrons. The summed E-state index contributed by atoms with van der Waals surface area (Å²) in [5.41, 5.74) is 2.00. The Labute approximate surface area is 170 Å². The molecule has 0 radical (unpaired) electrons. The van der Waals surface area contributed by atoms with Gasteiger partial charge in [-0.2, -0.15) is 0 Å². The number of carbonyl (C=O) groups is 2. The van der Waals surface area contributed by atoms with E-state index in [1.165, 1.54) is 38.2 Å². The summed E-state index contributed by atoms with van der Waals surface area (Å²) in [6.45, 7) is 9.31. The van der Waals surface area contributed by atoms with Crippen molar-refractivity contribution in [2.45, 2.75) is 66.2 Å². The second-order valence-electron chi connectivity index (χ2n) is 10.5. The molecule has 4 rings (SSSR count). The highest BCUT2D eigenvalue weighted by Crippen LogP contribution is 2.66. The zero-order chi connectivity index (χ0) is 20.1. The summed E-state index contributed by atoms with van der Waals surface area (Å²) in [7, 11) is 0. The molecule has 3 nitrogen and oxygen atoms in total. The molecule has 0 aromatic rings. The molecule has 0 N–H and O–H groups in total.